The Bertz CT molecular complexity index is 1350. The number of rotatable bonds is 8. The van der Waals surface area contributed by atoms with Crippen LogP contribution in [0.25, 0.3) is 0 Å². The van der Waals surface area contributed by atoms with Crippen LogP contribution in [0, 0.1) is 11.8 Å². The maximum atomic E-state index is 14.3. The Morgan fingerprint density at radius 1 is 1.05 bits per heavy atom. The number of ether oxygens (including phenoxy) is 4. The molecule has 2 aromatic carbocycles. The maximum Gasteiger partial charge on any atom is 0.341 e. The number of hydrogen-bond acceptors (Lipinski definition) is 7. The second kappa shape index (κ2) is 10.8. The predicted octanol–water partition coefficient (Wildman–Crippen LogP) is 5.17. The van der Waals surface area contributed by atoms with Gasteiger partial charge in [0.05, 0.1) is 30.6 Å². The van der Waals surface area contributed by atoms with Crippen LogP contribution < -0.4 is 9.04 Å². The number of aryl methyl sites for hydroxylation is 1. The van der Waals surface area contributed by atoms with Crippen LogP contribution in [0.2, 0.25) is 0 Å². The van der Waals surface area contributed by atoms with E-state index in [2.05, 4.69) is 6.07 Å². The lowest BCUT2D eigenvalue weighted by Gasteiger charge is -2.38. The third kappa shape index (κ3) is 5.26. The van der Waals surface area contributed by atoms with Crippen molar-refractivity contribution < 1.29 is 32.2 Å². The summed E-state index contributed by atoms with van der Waals surface area (Å²) in [5.41, 5.74) is 2.90. The van der Waals surface area contributed by atoms with Crippen molar-refractivity contribution in [3.05, 3.63) is 65.4 Å². The summed E-state index contributed by atoms with van der Waals surface area (Å²) in [4.78, 5) is 12.8. The number of benzene rings is 2. The molecule has 9 heteroatoms. The molecule has 0 radical (unpaired) electrons. The monoisotopic (exact) mass is 553 g/mol. The third-order valence-corrected chi connectivity index (χ3v) is 10.1. The van der Waals surface area contributed by atoms with E-state index in [1.54, 1.807) is 22.7 Å². The Balaban J connectivity index is 1.33. The van der Waals surface area contributed by atoms with Gasteiger partial charge in [-0.1, -0.05) is 12.1 Å². The number of sulfonamides is 1. The minimum atomic E-state index is -3.97. The Hall–Kier alpha value is -3.04. The van der Waals surface area contributed by atoms with E-state index in [-0.39, 0.29) is 22.6 Å². The van der Waals surface area contributed by atoms with Crippen LogP contribution in [-0.2, 0) is 30.7 Å². The van der Waals surface area contributed by atoms with Crippen molar-refractivity contribution in [2.75, 3.05) is 31.2 Å². The van der Waals surface area contributed by atoms with Gasteiger partial charge in [-0.15, -0.1) is 0 Å². The highest BCUT2D eigenvalue weighted by molar-refractivity contribution is 7.92. The van der Waals surface area contributed by atoms with E-state index in [0.29, 0.717) is 43.1 Å². The first kappa shape index (κ1) is 26.2. The summed E-state index contributed by atoms with van der Waals surface area (Å²) in [6.45, 7) is 1.83. The Morgan fingerprint density at radius 2 is 1.87 bits per heavy atom. The molecule has 3 aliphatic heterocycles. The number of esters is 1. The van der Waals surface area contributed by atoms with Crippen molar-refractivity contribution >= 4 is 21.7 Å². The largest absolute Gasteiger partial charge is 0.493 e. The zero-order valence-corrected chi connectivity index (χ0v) is 23.0. The molecular formula is C30H35NO7S. The van der Waals surface area contributed by atoms with Gasteiger partial charge in [-0.3, -0.25) is 4.31 Å². The van der Waals surface area contributed by atoms with E-state index >= 15 is 0 Å². The number of methoxy groups -OCH3 is 1. The molecule has 1 saturated carbocycles. The lowest BCUT2D eigenvalue weighted by Crippen LogP contribution is -2.45. The van der Waals surface area contributed by atoms with E-state index < -0.39 is 16.0 Å². The van der Waals surface area contributed by atoms with Crippen LogP contribution in [0.1, 0.15) is 66.1 Å². The van der Waals surface area contributed by atoms with Gasteiger partial charge in [-0.05, 0) is 91.8 Å². The number of fused-ring (bicyclic) bond motifs is 1. The van der Waals surface area contributed by atoms with Crippen molar-refractivity contribution in [1.82, 2.24) is 0 Å². The number of anilines is 1. The first-order valence-electron chi connectivity index (χ1n) is 13.9. The van der Waals surface area contributed by atoms with Crippen LogP contribution in [0.5, 0.6) is 5.75 Å². The van der Waals surface area contributed by atoms with Gasteiger partial charge in [0.2, 0.25) is 0 Å². The molecule has 2 aromatic rings. The van der Waals surface area contributed by atoms with Crippen LogP contribution in [0.3, 0.4) is 0 Å². The van der Waals surface area contributed by atoms with E-state index in [1.807, 2.05) is 18.2 Å². The van der Waals surface area contributed by atoms with Gasteiger partial charge >= 0.3 is 5.97 Å². The fourth-order valence-electron chi connectivity index (χ4n) is 5.94. The Labute approximate surface area is 229 Å². The van der Waals surface area contributed by atoms with Crippen molar-refractivity contribution in [3.8, 4) is 5.75 Å². The zero-order chi connectivity index (χ0) is 27.0. The van der Waals surface area contributed by atoms with Gasteiger partial charge in [0.25, 0.3) is 10.0 Å². The van der Waals surface area contributed by atoms with Gasteiger partial charge in [-0.25, -0.2) is 13.2 Å². The second-order valence-corrected chi connectivity index (χ2v) is 12.7. The molecule has 39 heavy (non-hydrogen) atoms. The lowest BCUT2D eigenvalue weighted by atomic mass is 9.92. The predicted molar refractivity (Wildman–Crippen MR) is 145 cm³/mol. The van der Waals surface area contributed by atoms with Crippen LogP contribution >= 0.6 is 0 Å². The summed E-state index contributed by atoms with van der Waals surface area (Å²) in [5, 5.41) is 0. The third-order valence-electron chi connectivity index (χ3n) is 8.31. The maximum absolute atomic E-state index is 14.3. The molecule has 2 unspecified atom stereocenters. The van der Waals surface area contributed by atoms with Crippen LogP contribution in [0.4, 0.5) is 5.69 Å². The summed E-state index contributed by atoms with van der Waals surface area (Å²) in [5.74, 6) is 0.380. The molecule has 0 spiro atoms. The quantitative estimate of drug-likeness (QED) is 0.416. The summed E-state index contributed by atoms with van der Waals surface area (Å²) in [6.07, 6.45) is 9.92. The molecule has 0 N–H and O–H groups in total. The van der Waals surface area contributed by atoms with Gasteiger partial charge in [0.1, 0.15) is 17.4 Å². The van der Waals surface area contributed by atoms with Crippen molar-refractivity contribution in [2.45, 2.75) is 62.0 Å². The SMILES string of the molecule is COC(=O)c1cc(S(=O)(=O)N2c3ccc(C4CC=CO4)cc3CCC2C2CC2)ccc1OCC1CCOCC1. The minimum Gasteiger partial charge on any atom is -0.493 e. The molecule has 1 saturated heterocycles. The number of nitrogens with zero attached hydrogens (tertiary/aromatic N) is 1. The number of hydrogen-bond donors (Lipinski definition) is 0. The molecule has 3 heterocycles. The molecule has 6 rings (SSSR count). The molecule has 1 aliphatic carbocycles. The van der Waals surface area contributed by atoms with E-state index in [1.165, 1.54) is 13.2 Å². The van der Waals surface area contributed by atoms with Gasteiger partial charge < -0.3 is 18.9 Å². The summed E-state index contributed by atoms with van der Waals surface area (Å²) < 4.78 is 52.4. The van der Waals surface area contributed by atoms with Crippen LogP contribution in [-0.4, -0.2) is 47.4 Å². The fourth-order valence-corrected chi connectivity index (χ4v) is 7.74. The molecular weight excluding hydrogens is 518 g/mol. The number of carbonyl (C=O) groups is 1. The van der Waals surface area contributed by atoms with E-state index in [9.17, 15) is 13.2 Å². The standard InChI is InChI=1S/C30H35NO7S/c1-35-30(32)25-18-24(8-11-29(25)38-19-20-12-15-36-16-13-20)39(33,34)31-26(21-4-5-21)9-6-22-17-23(7-10-27(22)31)28-3-2-14-37-28/h2,7-8,10-11,14,17-18,20-21,26,28H,3-6,9,12-13,15-16,19H2,1H3. The first-order valence-corrected chi connectivity index (χ1v) is 15.3. The molecule has 208 valence electrons. The zero-order valence-electron chi connectivity index (χ0n) is 22.2. The van der Waals surface area contributed by atoms with E-state index in [0.717, 1.165) is 56.1 Å². The first-order chi connectivity index (χ1) is 19.0. The van der Waals surface area contributed by atoms with Crippen LogP contribution in [0.15, 0.2) is 53.6 Å². The molecule has 8 nitrogen and oxygen atoms in total. The van der Waals surface area contributed by atoms with Gasteiger partial charge in [0.15, 0.2) is 0 Å². The van der Waals surface area contributed by atoms with Gasteiger partial charge in [0, 0.05) is 25.7 Å². The average molecular weight is 554 g/mol. The fraction of sp³-hybridized carbons (Fsp3) is 0.500. The van der Waals surface area contributed by atoms with Crippen molar-refractivity contribution in [3.63, 3.8) is 0 Å². The lowest BCUT2D eigenvalue weighted by molar-refractivity contribution is 0.0483. The molecule has 0 bridgehead atoms. The normalized spacial score (nSPS) is 23.3. The molecule has 2 fully saturated rings. The topological polar surface area (TPSA) is 91.4 Å². The number of carbonyl (C=O) groups excluding carboxylic acids is 1. The highest BCUT2D eigenvalue weighted by atomic mass is 32.2. The van der Waals surface area contributed by atoms with Crippen molar-refractivity contribution in [2.24, 2.45) is 11.8 Å². The highest BCUT2D eigenvalue weighted by Crippen LogP contribution is 2.46. The average Bonchev–Trinajstić information content (AvgIpc) is 3.67. The highest BCUT2D eigenvalue weighted by Gasteiger charge is 2.44. The minimum absolute atomic E-state index is 0.0298. The Morgan fingerprint density at radius 3 is 2.59 bits per heavy atom. The molecule has 2 atom stereocenters. The molecule has 0 amide bonds. The summed E-state index contributed by atoms with van der Waals surface area (Å²) in [6, 6.07) is 10.4. The summed E-state index contributed by atoms with van der Waals surface area (Å²) >= 11 is 0. The molecule has 0 aromatic heterocycles. The molecule has 4 aliphatic rings. The van der Waals surface area contributed by atoms with E-state index in [4.69, 9.17) is 18.9 Å². The second-order valence-electron chi connectivity index (χ2n) is 10.9. The van der Waals surface area contributed by atoms with Crippen molar-refractivity contribution in [1.29, 1.82) is 0 Å². The van der Waals surface area contributed by atoms with Gasteiger partial charge in [-0.2, -0.15) is 0 Å². The Kier molecular flexibility index (Phi) is 7.29. The smallest absolute Gasteiger partial charge is 0.341 e. The summed E-state index contributed by atoms with van der Waals surface area (Å²) in [7, 11) is -2.68.